The third kappa shape index (κ3) is 7.51. The first-order valence-electron chi connectivity index (χ1n) is 11.5. The van der Waals surface area contributed by atoms with Gasteiger partial charge in [0.25, 0.3) is 0 Å². The van der Waals surface area contributed by atoms with Crippen molar-refractivity contribution in [3.8, 4) is 11.5 Å². The van der Waals surface area contributed by atoms with Crippen molar-refractivity contribution in [2.45, 2.75) is 12.8 Å². The van der Waals surface area contributed by atoms with Gasteiger partial charge in [0.15, 0.2) is 0 Å². The van der Waals surface area contributed by atoms with E-state index >= 15 is 0 Å². The number of nitrogen functional groups attached to an aromatic ring is 1. The average molecular weight is 476 g/mol. The largest absolute Gasteiger partial charge is 0.457 e. The zero-order valence-electron chi connectivity index (χ0n) is 20.5. The number of aromatic nitrogens is 2. The maximum Gasteiger partial charge on any atom is 0.222 e. The number of para-hydroxylation sites is 1. The van der Waals surface area contributed by atoms with Gasteiger partial charge < -0.3 is 25.6 Å². The Morgan fingerprint density at radius 3 is 2.37 bits per heavy atom. The fourth-order valence-electron chi connectivity index (χ4n) is 3.44. The third-order valence-corrected chi connectivity index (χ3v) is 5.41. The fourth-order valence-corrected chi connectivity index (χ4v) is 3.44. The maximum absolute atomic E-state index is 12.3. The number of hydrogen-bond donors (Lipinski definition) is 3. The second-order valence-corrected chi connectivity index (χ2v) is 8.45. The Bertz CT molecular complexity index is 1120. The Morgan fingerprint density at radius 2 is 1.69 bits per heavy atom. The standard InChI is InChI=1S/C26H33N7O2/c1-32(2)16-7-10-22(34)33(3)17-15-29-26-23(25(28)30-18-31-26)24(27)19-11-13-21(14-12-19)35-20-8-5-4-6-9-20/h4-6,8-9,11-14,18,27H,7,10,15-17H2,1-3H3,(H3,28,29,30,31). The highest BCUT2D eigenvalue weighted by Gasteiger charge is 2.17. The van der Waals surface area contributed by atoms with E-state index in [2.05, 4.69) is 20.2 Å². The van der Waals surface area contributed by atoms with Gasteiger partial charge in [-0.1, -0.05) is 18.2 Å². The lowest BCUT2D eigenvalue weighted by Crippen LogP contribution is -2.32. The lowest BCUT2D eigenvalue weighted by molar-refractivity contribution is -0.129. The summed E-state index contributed by atoms with van der Waals surface area (Å²) in [5.74, 6) is 2.18. The Kier molecular flexibility index (Phi) is 9.14. The molecule has 0 saturated carbocycles. The summed E-state index contributed by atoms with van der Waals surface area (Å²) in [5.41, 5.74) is 7.40. The Labute approximate surface area is 206 Å². The van der Waals surface area contributed by atoms with Crippen molar-refractivity contribution in [1.29, 1.82) is 5.41 Å². The van der Waals surface area contributed by atoms with E-state index in [9.17, 15) is 4.79 Å². The number of nitrogens with two attached hydrogens (primary N) is 1. The van der Waals surface area contributed by atoms with Gasteiger partial charge in [0, 0.05) is 32.1 Å². The highest BCUT2D eigenvalue weighted by atomic mass is 16.5. The molecule has 1 aromatic heterocycles. The van der Waals surface area contributed by atoms with E-state index in [1.165, 1.54) is 6.33 Å². The fraction of sp³-hybridized carbons (Fsp3) is 0.308. The van der Waals surface area contributed by atoms with Crippen LogP contribution in [0.1, 0.15) is 24.0 Å². The van der Waals surface area contributed by atoms with Gasteiger partial charge in [0.05, 0.1) is 11.3 Å². The van der Waals surface area contributed by atoms with Crippen molar-refractivity contribution in [2.75, 3.05) is 51.8 Å². The number of benzene rings is 2. The molecule has 0 spiro atoms. The number of ether oxygens (including phenoxy) is 1. The predicted octanol–water partition coefficient (Wildman–Crippen LogP) is 3.48. The van der Waals surface area contributed by atoms with Crippen LogP contribution in [0.15, 0.2) is 60.9 Å². The topological polar surface area (TPSA) is 120 Å². The summed E-state index contributed by atoms with van der Waals surface area (Å²) in [6.07, 6.45) is 2.69. The van der Waals surface area contributed by atoms with Gasteiger partial charge in [0.2, 0.25) is 5.91 Å². The van der Waals surface area contributed by atoms with Crippen LogP contribution in [0.25, 0.3) is 0 Å². The van der Waals surface area contributed by atoms with Crippen molar-refractivity contribution < 1.29 is 9.53 Å². The summed E-state index contributed by atoms with van der Waals surface area (Å²) in [6.45, 7) is 1.85. The molecule has 0 aliphatic carbocycles. The van der Waals surface area contributed by atoms with Gasteiger partial charge in [-0.2, -0.15) is 0 Å². The molecule has 0 bridgehead atoms. The smallest absolute Gasteiger partial charge is 0.222 e. The molecule has 0 saturated heterocycles. The number of carbonyl (C=O) groups is 1. The summed E-state index contributed by atoms with van der Waals surface area (Å²) >= 11 is 0. The Morgan fingerprint density at radius 1 is 1.00 bits per heavy atom. The van der Waals surface area contributed by atoms with Crippen LogP contribution in [0.3, 0.4) is 0 Å². The molecule has 3 rings (SSSR count). The molecule has 9 heteroatoms. The second kappa shape index (κ2) is 12.5. The van der Waals surface area contributed by atoms with Crippen molar-refractivity contribution >= 4 is 23.3 Å². The number of amides is 1. The quantitative estimate of drug-likeness (QED) is 0.343. The molecule has 184 valence electrons. The molecular weight excluding hydrogens is 442 g/mol. The third-order valence-electron chi connectivity index (χ3n) is 5.41. The zero-order chi connectivity index (χ0) is 25.2. The van der Waals surface area contributed by atoms with E-state index in [1.54, 1.807) is 36.2 Å². The van der Waals surface area contributed by atoms with Crippen LogP contribution >= 0.6 is 0 Å². The lowest BCUT2D eigenvalue weighted by atomic mass is 10.0. The first kappa shape index (κ1) is 25.6. The minimum absolute atomic E-state index is 0.0987. The van der Waals surface area contributed by atoms with E-state index < -0.39 is 0 Å². The van der Waals surface area contributed by atoms with Crippen LogP contribution in [-0.2, 0) is 4.79 Å². The highest BCUT2D eigenvalue weighted by Crippen LogP contribution is 2.25. The molecule has 4 N–H and O–H groups in total. The van der Waals surface area contributed by atoms with E-state index in [0.717, 1.165) is 18.7 Å². The summed E-state index contributed by atoms with van der Waals surface area (Å²) in [6, 6.07) is 16.7. The van der Waals surface area contributed by atoms with Gasteiger partial charge >= 0.3 is 0 Å². The number of anilines is 2. The molecule has 0 atom stereocenters. The van der Waals surface area contributed by atoms with Crippen LogP contribution in [-0.4, -0.2) is 72.2 Å². The average Bonchev–Trinajstić information content (AvgIpc) is 2.84. The van der Waals surface area contributed by atoms with Crippen LogP contribution in [0.2, 0.25) is 0 Å². The van der Waals surface area contributed by atoms with Crippen LogP contribution in [0.5, 0.6) is 11.5 Å². The summed E-state index contributed by atoms with van der Waals surface area (Å²) in [5, 5.41) is 11.9. The molecule has 1 amide bonds. The molecule has 0 aliphatic rings. The number of likely N-dealkylation sites (N-methyl/N-ethyl adjacent to an activating group) is 1. The molecule has 0 fully saturated rings. The number of rotatable bonds is 12. The number of carbonyl (C=O) groups excluding carboxylic acids is 1. The van der Waals surface area contributed by atoms with Gasteiger partial charge in [-0.05, 0) is 63.5 Å². The normalized spacial score (nSPS) is 10.7. The van der Waals surface area contributed by atoms with Gasteiger partial charge in [-0.25, -0.2) is 9.97 Å². The van der Waals surface area contributed by atoms with Crippen molar-refractivity contribution in [1.82, 2.24) is 19.8 Å². The summed E-state index contributed by atoms with van der Waals surface area (Å²) in [7, 11) is 5.77. The second-order valence-electron chi connectivity index (χ2n) is 8.45. The van der Waals surface area contributed by atoms with Gasteiger partial charge in [-0.15, -0.1) is 0 Å². The molecular formula is C26H33N7O2. The first-order chi connectivity index (χ1) is 16.8. The van der Waals surface area contributed by atoms with E-state index in [-0.39, 0.29) is 17.4 Å². The Balaban J connectivity index is 1.62. The monoisotopic (exact) mass is 475 g/mol. The molecule has 2 aromatic carbocycles. The van der Waals surface area contributed by atoms with Crippen molar-refractivity contribution in [3.63, 3.8) is 0 Å². The number of nitrogens with one attached hydrogen (secondary N) is 2. The molecule has 35 heavy (non-hydrogen) atoms. The molecule has 1 heterocycles. The van der Waals surface area contributed by atoms with Crippen LogP contribution < -0.4 is 15.8 Å². The molecule has 0 aliphatic heterocycles. The van der Waals surface area contributed by atoms with Gasteiger partial charge in [0.1, 0.15) is 29.5 Å². The minimum atomic E-state index is 0.0987. The van der Waals surface area contributed by atoms with E-state index in [4.69, 9.17) is 15.9 Å². The van der Waals surface area contributed by atoms with Crippen LogP contribution in [0.4, 0.5) is 11.6 Å². The molecule has 0 radical (unpaired) electrons. The maximum atomic E-state index is 12.3. The van der Waals surface area contributed by atoms with Gasteiger partial charge in [-0.3, -0.25) is 10.2 Å². The number of nitrogens with zero attached hydrogens (tertiary/aromatic N) is 4. The van der Waals surface area contributed by atoms with Crippen LogP contribution in [0, 0.1) is 5.41 Å². The summed E-state index contributed by atoms with van der Waals surface area (Å²) < 4.78 is 5.83. The first-order valence-corrected chi connectivity index (χ1v) is 11.5. The van der Waals surface area contributed by atoms with Crippen molar-refractivity contribution in [2.24, 2.45) is 0 Å². The molecule has 3 aromatic rings. The van der Waals surface area contributed by atoms with E-state index in [1.807, 2.05) is 44.4 Å². The SMILES string of the molecule is CN(C)CCCC(=O)N(C)CCNc1ncnc(N)c1C(=N)c1ccc(Oc2ccccc2)cc1. The highest BCUT2D eigenvalue weighted by molar-refractivity contribution is 6.16. The molecule has 9 nitrogen and oxygen atoms in total. The van der Waals surface area contributed by atoms with E-state index in [0.29, 0.717) is 42.2 Å². The molecule has 0 unspecified atom stereocenters. The minimum Gasteiger partial charge on any atom is -0.457 e. The van der Waals surface area contributed by atoms with Crippen molar-refractivity contribution in [3.05, 3.63) is 72.1 Å². The predicted molar refractivity (Wildman–Crippen MR) is 139 cm³/mol. The number of hydrogen-bond acceptors (Lipinski definition) is 8. The summed E-state index contributed by atoms with van der Waals surface area (Å²) in [4.78, 5) is 24.4. The lowest BCUT2D eigenvalue weighted by Gasteiger charge is -2.19. The zero-order valence-corrected chi connectivity index (χ0v) is 20.5. The Hall–Kier alpha value is -3.98.